The minimum atomic E-state index is -0.380. The number of aliphatic imine (C=N–C) groups is 2. The van der Waals surface area contributed by atoms with E-state index in [1.54, 1.807) is 0 Å². The Hall–Kier alpha value is -6.52. The summed E-state index contributed by atoms with van der Waals surface area (Å²) in [5.74, 6) is 1.47. The van der Waals surface area contributed by atoms with Gasteiger partial charge in [0, 0.05) is 27.5 Å². The van der Waals surface area contributed by atoms with Crippen LogP contribution in [-0.2, 0) is 0 Å². The van der Waals surface area contributed by atoms with Gasteiger partial charge in [0.05, 0.1) is 0 Å². The van der Waals surface area contributed by atoms with Crippen molar-refractivity contribution in [2.75, 3.05) is 0 Å². The molecule has 9 rings (SSSR count). The van der Waals surface area contributed by atoms with Crippen molar-refractivity contribution in [2.24, 2.45) is 9.98 Å². The van der Waals surface area contributed by atoms with Gasteiger partial charge in [-0.3, -0.25) is 0 Å². The van der Waals surface area contributed by atoms with E-state index in [-0.39, 0.29) is 6.17 Å². The molecular formula is C45H31N3O. The maximum atomic E-state index is 6.27. The maximum absolute atomic E-state index is 6.27. The molecule has 0 fully saturated rings. The van der Waals surface area contributed by atoms with Crippen molar-refractivity contribution in [3.05, 3.63) is 193 Å². The third-order valence-corrected chi connectivity index (χ3v) is 9.21. The number of fused-ring (bicyclic) bond motifs is 3. The van der Waals surface area contributed by atoms with Gasteiger partial charge in [-0.15, -0.1) is 0 Å². The van der Waals surface area contributed by atoms with E-state index in [4.69, 9.17) is 14.4 Å². The predicted molar refractivity (Wildman–Crippen MR) is 202 cm³/mol. The smallest absolute Gasteiger partial charge is 0.159 e. The minimum absolute atomic E-state index is 0.380. The molecule has 0 saturated carbocycles. The Morgan fingerprint density at radius 2 is 0.959 bits per heavy atom. The molecule has 0 radical (unpaired) electrons. The van der Waals surface area contributed by atoms with Crippen molar-refractivity contribution in [3.63, 3.8) is 0 Å². The molecule has 49 heavy (non-hydrogen) atoms. The highest BCUT2D eigenvalue weighted by atomic mass is 16.3. The third kappa shape index (κ3) is 5.39. The summed E-state index contributed by atoms with van der Waals surface area (Å²) in [6, 6.07) is 61.0. The number of nitrogens with zero attached hydrogens (tertiary/aromatic N) is 2. The lowest BCUT2D eigenvalue weighted by atomic mass is 9.93. The standard InChI is InChI=1S/C45H31N3O/c1-3-12-30(13-4-1)32-22-26-34(27-23-32)43-46-44(35-28-24-33(25-29-35)31-14-5-2-6-15-31)48-45(47-43)38-17-8-7-16-36(38)37-19-11-21-41-42(37)39-18-9-10-20-40(39)49-41/h1-29,45H,(H,46,47,48). The Morgan fingerprint density at radius 3 is 1.67 bits per heavy atom. The molecule has 232 valence electrons. The van der Waals surface area contributed by atoms with Crippen molar-refractivity contribution in [1.29, 1.82) is 0 Å². The molecule has 1 unspecified atom stereocenters. The lowest BCUT2D eigenvalue weighted by molar-refractivity contribution is 0.668. The molecule has 0 aliphatic carbocycles. The van der Waals surface area contributed by atoms with Gasteiger partial charge in [-0.1, -0.05) is 164 Å². The molecule has 0 spiro atoms. The molecular weight excluding hydrogens is 599 g/mol. The van der Waals surface area contributed by atoms with Crippen molar-refractivity contribution < 1.29 is 4.42 Å². The van der Waals surface area contributed by atoms with E-state index in [0.29, 0.717) is 5.84 Å². The molecule has 1 aromatic heterocycles. The number of para-hydroxylation sites is 1. The Labute approximate surface area is 284 Å². The van der Waals surface area contributed by atoms with E-state index < -0.39 is 0 Å². The first-order chi connectivity index (χ1) is 24.3. The highest BCUT2D eigenvalue weighted by Gasteiger charge is 2.25. The number of hydrogen-bond donors (Lipinski definition) is 1. The molecule has 7 aromatic carbocycles. The minimum Gasteiger partial charge on any atom is -0.456 e. The Kier molecular flexibility index (Phi) is 7.17. The van der Waals surface area contributed by atoms with Crippen molar-refractivity contribution in [1.82, 2.24) is 5.32 Å². The quantitative estimate of drug-likeness (QED) is 0.199. The first-order valence-electron chi connectivity index (χ1n) is 16.5. The number of furan rings is 1. The number of amidine groups is 2. The SMILES string of the molecule is c1ccc(-c2ccc(C3=NC(c4ccccc4-c4cccc5oc6ccccc6c45)NC(c4ccc(-c5ccccc5)cc4)=N3)cc2)cc1. The normalized spacial score (nSPS) is 14.3. The van der Waals surface area contributed by atoms with E-state index in [0.717, 1.165) is 66.7 Å². The van der Waals surface area contributed by atoms with Crippen LogP contribution in [0.25, 0.3) is 55.3 Å². The van der Waals surface area contributed by atoms with Gasteiger partial charge < -0.3 is 9.73 Å². The molecule has 1 atom stereocenters. The molecule has 4 heteroatoms. The van der Waals surface area contributed by atoms with Crippen LogP contribution in [0.1, 0.15) is 22.9 Å². The molecule has 0 bridgehead atoms. The molecule has 4 nitrogen and oxygen atoms in total. The largest absolute Gasteiger partial charge is 0.456 e. The summed E-state index contributed by atoms with van der Waals surface area (Å²) in [6.07, 6.45) is -0.380. The van der Waals surface area contributed by atoms with Crippen molar-refractivity contribution in [3.8, 4) is 33.4 Å². The van der Waals surface area contributed by atoms with Crippen molar-refractivity contribution >= 4 is 33.6 Å². The van der Waals surface area contributed by atoms with Crippen LogP contribution in [0.3, 0.4) is 0 Å². The van der Waals surface area contributed by atoms with Crippen LogP contribution < -0.4 is 5.32 Å². The molecule has 1 aliphatic rings. The first kappa shape index (κ1) is 28.7. The highest BCUT2D eigenvalue weighted by Crippen LogP contribution is 2.40. The lowest BCUT2D eigenvalue weighted by Gasteiger charge is -2.25. The zero-order valence-electron chi connectivity index (χ0n) is 26.6. The second kappa shape index (κ2) is 12.3. The molecule has 1 aliphatic heterocycles. The van der Waals surface area contributed by atoms with E-state index >= 15 is 0 Å². The zero-order chi connectivity index (χ0) is 32.6. The summed E-state index contributed by atoms with van der Waals surface area (Å²) >= 11 is 0. The summed E-state index contributed by atoms with van der Waals surface area (Å²) in [7, 11) is 0. The van der Waals surface area contributed by atoms with Gasteiger partial charge in [-0.2, -0.15) is 0 Å². The number of benzene rings is 7. The molecule has 2 heterocycles. The van der Waals surface area contributed by atoms with Gasteiger partial charge in [0.1, 0.15) is 23.2 Å². The Bertz CT molecular complexity index is 2490. The average molecular weight is 630 g/mol. The van der Waals surface area contributed by atoms with E-state index in [1.165, 1.54) is 11.1 Å². The van der Waals surface area contributed by atoms with Crippen LogP contribution in [0.2, 0.25) is 0 Å². The van der Waals surface area contributed by atoms with Gasteiger partial charge in [-0.05, 0) is 45.5 Å². The maximum Gasteiger partial charge on any atom is 0.159 e. The fraction of sp³-hybridized carbons (Fsp3) is 0.0222. The van der Waals surface area contributed by atoms with Gasteiger partial charge in [0.2, 0.25) is 0 Å². The van der Waals surface area contributed by atoms with Gasteiger partial charge >= 0.3 is 0 Å². The van der Waals surface area contributed by atoms with Crippen LogP contribution in [-0.4, -0.2) is 11.7 Å². The topological polar surface area (TPSA) is 49.9 Å². The average Bonchev–Trinajstić information content (AvgIpc) is 3.58. The highest BCUT2D eigenvalue weighted by molar-refractivity contribution is 6.14. The van der Waals surface area contributed by atoms with Crippen LogP contribution >= 0.6 is 0 Å². The van der Waals surface area contributed by atoms with Gasteiger partial charge in [0.25, 0.3) is 0 Å². The number of nitrogens with one attached hydrogen (secondary N) is 1. The molecule has 0 saturated heterocycles. The van der Waals surface area contributed by atoms with E-state index in [2.05, 4.69) is 151 Å². The van der Waals surface area contributed by atoms with Crippen LogP contribution in [0.4, 0.5) is 0 Å². The lowest BCUT2D eigenvalue weighted by Crippen LogP contribution is -2.33. The van der Waals surface area contributed by atoms with E-state index in [9.17, 15) is 0 Å². The number of hydrogen-bond acceptors (Lipinski definition) is 4. The number of rotatable bonds is 6. The summed E-state index contributed by atoms with van der Waals surface area (Å²) < 4.78 is 6.27. The molecule has 1 N–H and O–H groups in total. The Morgan fingerprint density at radius 1 is 0.429 bits per heavy atom. The van der Waals surface area contributed by atoms with Gasteiger partial charge in [0.15, 0.2) is 5.84 Å². The second-order valence-electron chi connectivity index (χ2n) is 12.2. The van der Waals surface area contributed by atoms with Crippen molar-refractivity contribution in [2.45, 2.75) is 6.17 Å². The zero-order valence-corrected chi connectivity index (χ0v) is 26.6. The summed E-state index contributed by atoms with van der Waals surface area (Å²) in [4.78, 5) is 10.4. The summed E-state index contributed by atoms with van der Waals surface area (Å²) in [5.41, 5.74) is 11.7. The second-order valence-corrected chi connectivity index (χ2v) is 12.2. The van der Waals surface area contributed by atoms with Gasteiger partial charge in [-0.25, -0.2) is 9.98 Å². The molecule has 0 amide bonds. The third-order valence-electron chi connectivity index (χ3n) is 9.21. The van der Waals surface area contributed by atoms with E-state index in [1.807, 2.05) is 30.3 Å². The summed E-state index contributed by atoms with van der Waals surface area (Å²) in [5, 5.41) is 5.91. The molecule has 8 aromatic rings. The predicted octanol–water partition coefficient (Wildman–Crippen LogP) is 11.1. The fourth-order valence-corrected chi connectivity index (χ4v) is 6.76. The summed E-state index contributed by atoms with van der Waals surface area (Å²) in [6.45, 7) is 0. The fourth-order valence-electron chi connectivity index (χ4n) is 6.76. The first-order valence-corrected chi connectivity index (χ1v) is 16.5. The van der Waals surface area contributed by atoms with Crippen LogP contribution in [0.15, 0.2) is 190 Å². The Balaban J connectivity index is 1.16. The van der Waals surface area contributed by atoms with Crippen LogP contribution in [0, 0.1) is 0 Å². The monoisotopic (exact) mass is 629 g/mol. The van der Waals surface area contributed by atoms with Crippen LogP contribution in [0.5, 0.6) is 0 Å².